The van der Waals surface area contributed by atoms with E-state index in [1.807, 2.05) is 57.2 Å². The Balaban J connectivity index is 2.02. The van der Waals surface area contributed by atoms with E-state index < -0.39 is 0 Å². The summed E-state index contributed by atoms with van der Waals surface area (Å²) >= 11 is 0. The second-order valence-electron chi connectivity index (χ2n) is 5.38. The molecule has 1 heterocycles. The fraction of sp³-hybridized carbons (Fsp3) is 0.235. The Hall–Kier alpha value is -2.69. The maximum atomic E-state index is 11.6. The van der Waals surface area contributed by atoms with E-state index in [9.17, 15) is 4.79 Å². The van der Waals surface area contributed by atoms with Gasteiger partial charge in [-0.2, -0.15) is 4.80 Å². The maximum absolute atomic E-state index is 11.6. The zero-order valence-corrected chi connectivity index (χ0v) is 12.9. The summed E-state index contributed by atoms with van der Waals surface area (Å²) in [5.74, 6) is -0.00613. The molecule has 3 rings (SSSR count). The summed E-state index contributed by atoms with van der Waals surface area (Å²) in [6.07, 6.45) is 0.452. The lowest BCUT2D eigenvalue weighted by Crippen LogP contribution is -2.10. The Bertz CT molecular complexity index is 834. The minimum absolute atomic E-state index is 0.00613. The SMILES string of the molecule is CCC(=O)Nc1cc2nn(-c3ccc(C)cc3)nc2cc1C. The number of amides is 1. The first-order valence-corrected chi connectivity index (χ1v) is 7.31. The summed E-state index contributed by atoms with van der Waals surface area (Å²) in [4.78, 5) is 13.2. The second kappa shape index (κ2) is 5.60. The predicted molar refractivity (Wildman–Crippen MR) is 87.3 cm³/mol. The standard InChI is InChI=1S/C17H18N4O/c1-4-17(22)18-14-10-16-15(9-12(14)3)19-21(20-16)13-7-5-11(2)6-8-13/h5-10H,4H2,1-3H3,(H,18,22). The summed E-state index contributed by atoms with van der Waals surface area (Å²) in [6, 6.07) is 11.8. The van der Waals surface area contributed by atoms with Crippen LogP contribution in [0.4, 0.5) is 5.69 Å². The van der Waals surface area contributed by atoms with Crippen LogP contribution in [-0.4, -0.2) is 20.9 Å². The van der Waals surface area contributed by atoms with Gasteiger partial charge in [-0.3, -0.25) is 4.79 Å². The van der Waals surface area contributed by atoms with Crippen LogP contribution in [0, 0.1) is 13.8 Å². The molecule has 0 spiro atoms. The summed E-state index contributed by atoms with van der Waals surface area (Å²) in [5.41, 5.74) is 5.45. The largest absolute Gasteiger partial charge is 0.326 e. The highest BCUT2D eigenvalue weighted by Gasteiger charge is 2.09. The molecule has 0 radical (unpaired) electrons. The smallest absolute Gasteiger partial charge is 0.224 e. The van der Waals surface area contributed by atoms with Gasteiger partial charge in [0, 0.05) is 12.1 Å². The second-order valence-corrected chi connectivity index (χ2v) is 5.38. The molecule has 0 atom stereocenters. The van der Waals surface area contributed by atoms with Gasteiger partial charge in [0.05, 0.1) is 5.69 Å². The number of carbonyl (C=O) groups excluding carboxylic acids is 1. The van der Waals surface area contributed by atoms with Crippen LogP contribution in [0.15, 0.2) is 36.4 Å². The Morgan fingerprint density at radius 1 is 1.09 bits per heavy atom. The minimum Gasteiger partial charge on any atom is -0.326 e. The first-order valence-electron chi connectivity index (χ1n) is 7.31. The molecule has 112 valence electrons. The van der Waals surface area contributed by atoms with Gasteiger partial charge in [0.25, 0.3) is 0 Å². The summed E-state index contributed by atoms with van der Waals surface area (Å²) in [5, 5.41) is 11.9. The van der Waals surface area contributed by atoms with Crippen LogP contribution < -0.4 is 5.32 Å². The molecule has 0 saturated carbocycles. The van der Waals surface area contributed by atoms with Crippen LogP contribution in [0.2, 0.25) is 0 Å². The number of aromatic nitrogens is 3. The molecule has 3 aromatic rings. The number of anilines is 1. The predicted octanol–water partition coefficient (Wildman–Crippen LogP) is 3.39. The zero-order valence-electron chi connectivity index (χ0n) is 12.9. The van der Waals surface area contributed by atoms with Crippen LogP contribution in [0.25, 0.3) is 16.7 Å². The first-order chi connectivity index (χ1) is 10.6. The highest BCUT2D eigenvalue weighted by Crippen LogP contribution is 2.22. The van der Waals surface area contributed by atoms with Crippen molar-refractivity contribution in [2.45, 2.75) is 27.2 Å². The van der Waals surface area contributed by atoms with E-state index in [1.54, 1.807) is 4.80 Å². The molecule has 0 fully saturated rings. The topological polar surface area (TPSA) is 59.8 Å². The van der Waals surface area contributed by atoms with Crippen molar-refractivity contribution >= 4 is 22.6 Å². The molecule has 1 amide bonds. The van der Waals surface area contributed by atoms with E-state index in [0.29, 0.717) is 6.42 Å². The number of hydrogen-bond donors (Lipinski definition) is 1. The molecule has 5 heteroatoms. The number of hydrogen-bond acceptors (Lipinski definition) is 3. The van der Waals surface area contributed by atoms with E-state index >= 15 is 0 Å². The Labute approximate surface area is 129 Å². The fourth-order valence-corrected chi connectivity index (χ4v) is 2.23. The number of fused-ring (bicyclic) bond motifs is 1. The summed E-state index contributed by atoms with van der Waals surface area (Å²) < 4.78 is 0. The van der Waals surface area contributed by atoms with Gasteiger partial charge in [0.15, 0.2) is 0 Å². The normalized spacial score (nSPS) is 10.9. The number of rotatable bonds is 3. The average Bonchev–Trinajstić information content (AvgIpc) is 2.90. The fourth-order valence-electron chi connectivity index (χ4n) is 2.23. The van der Waals surface area contributed by atoms with Gasteiger partial charge in [-0.25, -0.2) is 0 Å². The zero-order chi connectivity index (χ0) is 15.7. The molecule has 1 N–H and O–H groups in total. The molecule has 1 aromatic heterocycles. The molecule has 2 aromatic carbocycles. The van der Waals surface area contributed by atoms with Crippen LogP contribution in [-0.2, 0) is 4.79 Å². The van der Waals surface area contributed by atoms with Crippen molar-refractivity contribution in [3.63, 3.8) is 0 Å². The molecule has 0 aliphatic rings. The third kappa shape index (κ3) is 2.70. The van der Waals surface area contributed by atoms with E-state index in [4.69, 9.17) is 0 Å². The van der Waals surface area contributed by atoms with Crippen molar-refractivity contribution in [2.75, 3.05) is 5.32 Å². The monoisotopic (exact) mass is 294 g/mol. The highest BCUT2D eigenvalue weighted by atomic mass is 16.1. The third-order valence-corrected chi connectivity index (χ3v) is 3.59. The molecule has 5 nitrogen and oxygen atoms in total. The number of carbonyl (C=O) groups is 1. The Morgan fingerprint density at radius 3 is 2.36 bits per heavy atom. The van der Waals surface area contributed by atoms with Crippen LogP contribution in [0.3, 0.4) is 0 Å². The molecule has 0 saturated heterocycles. The molecule has 0 bridgehead atoms. The van der Waals surface area contributed by atoms with Gasteiger partial charge < -0.3 is 5.32 Å². The lowest BCUT2D eigenvalue weighted by molar-refractivity contribution is -0.115. The molecular weight excluding hydrogens is 276 g/mol. The van der Waals surface area contributed by atoms with Crippen molar-refractivity contribution in [1.29, 1.82) is 0 Å². The van der Waals surface area contributed by atoms with E-state index in [1.165, 1.54) is 5.56 Å². The van der Waals surface area contributed by atoms with Crippen molar-refractivity contribution in [3.05, 3.63) is 47.5 Å². The lowest BCUT2D eigenvalue weighted by Gasteiger charge is -2.06. The van der Waals surface area contributed by atoms with E-state index in [-0.39, 0.29) is 5.91 Å². The Morgan fingerprint density at radius 2 is 1.73 bits per heavy atom. The minimum atomic E-state index is -0.00613. The van der Waals surface area contributed by atoms with Gasteiger partial charge in [-0.1, -0.05) is 24.6 Å². The quantitative estimate of drug-likeness (QED) is 0.805. The van der Waals surface area contributed by atoms with Crippen LogP contribution in [0.5, 0.6) is 0 Å². The third-order valence-electron chi connectivity index (χ3n) is 3.59. The van der Waals surface area contributed by atoms with Gasteiger partial charge in [0.2, 0.25) is 5.91 Å². The van der Waals surface area contributed by atoms with Crippen molar-refractivity contribution in [3.8, 4) is 5.69 Å². The lowest BCUT2D eigenvalue weighted by atomic mass is 10.1. The van der Waals surface area contributed by atoms with Crippen LogP contribution >= 0.6 is 0 Å². The molecule has 22 heavy (non-hydrogen) atoms. The maximum Gasteiger partial charge on any atom is 0.224 e. The molecule has 0 unspecified atom stereocenters. The molecular formula is C17H18N4O. The Kier molecular flexibility index (Phi) is 3.63. The number of aryl methyl sites for hydroxylation is 2. The van der Waals surface area contributed by atoms with E-state index in [2.05, 4.69) is 15.5 Å². The summed E-state index contributed by atoms with van der Waals surface area (Å²) in [7, 11) is 0. The van der Waals surface area contributed by atoms with Gasteiger partial charge in [-0.05, 0) is 43.7 Å². The molecule has 0 aliphatic heterocycles. The van der Waals surface area contributed by atoms with E-state index in [0.717, 1.165) is 28.0 Å². The van der Waals surface area contributed by atoms with Crippen LogP contribution in [0.1, 0.15) is 24.5 Å². The molecule has 0 aliphatic carbocycles. The van der Waals surface area contributed by atoms with Crippen molar-refractivity contribution in [1.82, 2.24) is 15.0 Å². The van der Waals surface area contributed by atoms with Crippen molar-refractivity contribution in [2.24, 2.45) is 0 Å². The van der Waals surface area contributed by atoms with Crippen molar-refractivity contribution < 1.29 is 4.79 Å². The average molecular weight is 294 g/mol. The van der Waals surface area contributed by atoms with Gasteiger partial charge in [0.1, 0.15) is 11.0 Å². The number of nitrogens with zero attached hydrogens (tertiary/aromatic N) is 3. The first kappa shape index (κ1) is 14.3. The van der Waals surface area contributed by atoms with Gasteiger partial charge in [-0.15, -0.1) is 10.2 Å². The highest BCUT2D eigenvalue weighted by molar-refractivity contribution is 5.93. The van der Waals surface area contributed by atoms with Gasteiger partial charge >= 0.3 is 0 Å². The number of nitrogens with one attached hydrogen (secondary N) is 1. The summed E-state index contributed by atoms with van der Waals surface area (Å²) in [6.45, 7) is 5.83. The number of benzene rings is 2.